The van der Waals surface area contributed by atoms with Crippen molar-refractivity contribution in [2.24, 2.45) is 10.9 Å². The number of hydrogen-bond donors (Lipinski definition) is 2. The fourth-order valence-corrected chi connectivity index (χ4v) is 3.47. The first-order chi connectivity index (χ1) is 12.7. The largest absolute Gasteiger partial charge is 0.469 e. The lowest BCUT2D eigenvalue weighted by Crippen LogP contribution is -2.39. The van der Waals surface area contributed by atoms with E-state index >= 15 is 0 Å². The molecule has 144 valence electrons. The van der Waals surface area contributed by atoms with E-state index in [0.717, 1.165) is 43.4 Å². The molecule has 2 heterocycles. The van der Waals surface area contributed by atoms with E-state index in [2.05, 4.69) is 29.1 Å². The molecule has 0 amide bonds. The summed E-state index contributed by atoms with van der Waals surface area (Å²) in [4.78, 5) is 4.67. The van der Waals surface area contributed by atoms with E-state index < -0.39 is 0 Å². The van der Waals surface area contributed by atoms with Gasteiger partial charge in [-0.15, -0.1) is 6.58 Å². The lowest BCUT2D eigenvalue weighted by Gasteiger charge is -2.34. The van der Waals surface area contributed by atoms with Crippen LogP contribution in [0.25, 0.3) is 0 Å². The number of ether oxygens (including phenoxy) is 2. The molecule has 2 aliphatic rings. The standard InChI is InChI=1S/C20H31N3O3/c1-3-11-21-19(22-12-8-17-5-4-13-24-17)23-14-18-15-25-20(26-18)9-6-16(2)7-10-20/h3-5,13,16,18H,1,6-12,14-15H2,2H3,(H2,21,22,23). The normalized spacial score (nSPS) is 29.0. The maximum Gasteiger partial charge on any atom is 0.191 e. The monoisotopic (exact) mass is 361 g/mol. The summed E-state index contributed by atoms with van der Waals surface area (Å²) in [6.45, 7) is 8.68. The van der Waals surface area contributed by atoms with E-state index in [1.807, 2.05) is 18.2 Å². The van der Waals surface area contributed by atoms with Gasteiger partial charge in [0.15, 0.2) is 11.7 Å². The second kappa shape index (κ2) is 9.24. The van der Waals surface area contributed by atoms with Crippen LogP contribution in [-0.4, -0.2) is 44.1 Å². The number of nitrogens with zero attached hydrogens (tertiary/aromatic N) is 1. The molecule has 1 spiro atoms. The van der Waals surface area contributed by atoms with Crippen LogP contribution in [0.4, 0.5) is 0 Å². The summed E-state index contributed by atoms with van der Waals surface area (Å²) in [5.41, 5.74) is 0. The molecule has 2 fully saturated rings. The minimum atomic E-state index is -0.353. The second-order valence-corrected chi connectivity index (χ2v) is 7.26. The first kappa shape index (κ1) is 19.0. The molecule has 1 unspecified atom stereocenters. The molecule has 0 aromatic carbocycles. The van der Waals surface area contributed by atoms with Crippen molar-refractivity contribution in [1.82, 2.24) is 10.6 Å². The first-order valence-corrected chi connectivity index (χ1v) is 9.66. The van der Waals surface area contributed by atoms with Gasteiger partial charge in [0.1, 0.15) is 11.9 Å². The van der Waals surface area contributed by atoms with Gasteiger partial charge in [0.05, 0.1) is 19.4 Å². The maximum absolute atomic E-state index is 6.24. The number of nitrogens with one attached hydrogen (secondary N) is 2. The van der Waals surface area contributed by atoms with E-state index in [-0.39, 0.29) is 11.9 Å². The number of rotatable bonds is 7. The molecule has 26 heavy (non-hydrogen) atoms. The van der Waals surface area contributed by atoms with Crippen LogP contribution < -0.4 is 10.6 Å². The Bertz CT molecular complexity index is 577. The molecule has 3 rings (SSSR count). The smallest absolute Gasteiger partial charge is 0.191 e. The molecule has 2 N–H and O–H groups in total. The molecule has 1 aromatic rings. The summed E-state index contributed by atoms with van der Waals surface area (Å²) < 4.78 is 17.6. The van der Waals surface area contributed by atoms with E-state index in [4.69, 9.17) is 13.9 Å². The molecular weight excluding hydrogens is 330 g/mol. The fraction of sp³-hybridized carbons (Fsp3) is 0.650. The molecule has 1 aliphatic carbocycles. The zero-order valence-electron chi connectivity index (χ0n) is 15.7. The van der Waals surface area contributed by atoms with Crippen LogP contribution in [0.3, 0.4) is 0 Å². The Morgan fingerprint density at radius 1 is 1.38 bits per heavy atom. The van der Waals surface area contributed by atoms with Crippen LogP contribution in [-0.2, 0) is 15.9 Å². The summed E-state index contributed by atoms with van der Waals surface area (Å²) in [7, 11) is 0. The lowest BCUT2D eigenvalue weighted by atomic mass is 9.86. The minimum absolute atomic E-state index is 0.0239. The highest BCUT2D eigenvalue weighted by Gasteiger charge is 2.43. The van der Waals surface area contributed by atoms with Crippen molar-refractivity contribution in [3.8, 4) is 0 Å². The Morgan fingerprint density at radius 2 is 2.23 bits per heavy atom. The van der Waals surface area contributed by atoms with Crippen molar-refractivity contribution in [2.75, 3.05) is 26.2 Å². The van der Waals surface area contributed by atoms with Gasteiger partial charge >= 0.3 is 0 Å². The molecular formula is C20H31N3O3. The molecule has 1 aromatic heterocycles. The van der Waals surface area contributed by atoms with Crippen molar-refractivity contribution < 1.29 is 13.9 Å². The Morgan fingerprint density at radius 3 is 2.96 bits per heavy atom. The van der Waals surface area contributed by atoms with Crippen molar-refractivity contribution >= 4 is 5.96 Å². The molecule has 6 nitrogen and oxygen atoms in total. The van der Waals surface area contributed by atoms with Crippen molar-refractivity contribution in [2.45, 2.75) is 50.9 Å². The summed E-state index contributed by atoms with van der Waals surface area (Å²) in [5, 5.41) is 6.57. The van der Waals surface area contributed by atoms with E-state index in [9.17, 15) is 0 Å². The SMILES string of the molecule is C=CCNC(=NCC1COC2(CCC(C)CC2)O1)NCCc1ccco1. The molecule has 1 saturated carbocycles. The van der Waals surface area contributed by atoms with Gasteiger partial charge in [-0.2, -0.15) is 0 Å². The maximum atomic E-state index is 6.24. The minimum Gasteiger partial charge on any atom is -0.469 e. The number of hydrogen-bond acceptors (Lipinski definition) is 4. The van der Waals surface area contributed by atoms with Crippen molar-refractivity contribution in [3.05, 3.63) is 36.8 Å². The summed E-state index contributed by atoms with van der Waals surface area (Å²) in [5.74, 6) is 2.14. The average molecular weight is 361 g/mol. The quantitative estimate of drug-likeness (QED) is 0.444. The summed E-state index contributed by atoms with van der Waals surface area (Å²) >= 11 is 0. The van der Waals surface area contributed by atoms with Crippen LogP contribution in [0, 0.1) is 5.92 Å². The van der Waals surface area contributed by atoms with Gasteiger partial charge in [-0.1, -0.05) is 13.0 Å². The third-order valence-corrected chi connectivity index (χ3v) is 5.06. The lowest BCUT2D eigenvalue weighted by molar-refractivity contribution is -0.190. The third-order valence-electron chi connectivity index (χ3n) is 5.06. The van der Waals surface area contributed by atoms with Crippen LogP contribution in [0.15, 0.2) is 40.5 Å². The molecule has 1 atom stereocenters. The third kappa shape index (κ3) is 5.35. The number of aliphatic imine (C=N–C) groups is 1. The highest BCUT2D eigenvalue weighted by molar-refractivity contribution is 5.79. The average Bonchev–Trinajstić information content (AvgIpc) is 3.30. The highest BCUT2D eigenvalue weighted by atomic mass is 16.7. The van der Waals surface area contributed by atoms with Gasteiger partial charge in [0, 0.05) is 32.4 Å². The predicted octanol–water partition coefficient (Wildman–Crippen LogP) is 2.87. The molecule has 6 heteroatoms. The topological polar surface area (TPSA) is 68.0 Å². The number of furan rings is 1. The van der Waals surface area contributed by atoms with Gasteiger partial charge in [0.25, 0.3) is 0 Å². The van der Waals surface area contributed by atoms with Gasteiger partial charge in [-0.05, 0) is 30.9 Å². The number of guanidine groups is 1. The first-order valence-electron chi connectivity index (χ1n) is 9.66. The van der Waals surface area contributed by atoms with E-state index in [1.165, 1.54) is 12.8 Å². The van der Waals surface area contributed by atoms with Gasteiger partial charge < -0.3 is 24.5 Å². The van der Waals surface area contributed by atoms with Gasteiger partial charge in [-0.3, -0.25) is 4.99 Å². The van der Waals surface area contributed by atoms with Crippen LogP contribution >= 0.6 is 0 Å². The Labute approximate surface area is 156 Å². The summed E-state index contributed by atoms with van der Waals surface area (Å²) in [6, 6.07) is 3.88. The predicted molar refractivity (Wildman–Crippen MR) is 102 cm³/mol. The second-order valence-electron chi connectivity index (χ2n) is 7.26. The zero-order valence-corrected chi connectivity index (χ0v) is 15.7. The fourth-order valence-electron chi connectivity index (χ4n) is 3.47. The van der Waals surface area contributed by atoms with Gasteiger partial charge in [-0.25, -0.2) is 0 Å². The molecule has 0 bridgehead atoms. The van der Waals surface area contributed by atoms with Gasteiger partial charge in [0.2, 0.25) is 0 Å². The van der Waals surface area contributed by atoms with E-state index in [1.54, 1.807) is 6.26 Å². The van der Waals surface area contributed by atoms with E-state index in [0.29, 0.717) is 19.7 Å². The van der Waals surface area contributed by atoms with Crippen LogP contribution in [0.1, 0.15) is 38.4 Å². The Kier molecular flexibility index (Phi) is 6.74. The highest BCUT2D eigenvalue weighted by Crippen LogP contribution is 2.39. The molecule has 1 aliphatic heterocycles. The zero-order chi connectivity index (χ0) is 18.2. The van der Waals surface area contributed by atoms with Crippen molar-refractivity contribution in [1.29, 1.82) is 0 Å². The van der Waals surface area contributed by atoms with Crippen LogP contribution in [0.5, 0.6) is 0 Å². The Hall–Kier alpha value is -1.79. The van der Waals surface area contributed by atoms with Crippen LogP contribution in [0.2, 0.25) is 0 Å². The summed E-state index contributed by atoms with van der Waals surface area (Å²) in [6.07, 6.45) is 8.69. The van der Waals surface area contributed by atoms with Crippen molar-refractivity contribution in [3.63, 3.8) is 0 Å². The molecule has 0 radical (unpaired) electrons. The molecule has 1 saturated heterocycles. The Balaban J connectivity index is 1.47.